The van der Waals surface area contributed by atoms with E-state index in [4.69, 9.17) is 4.42 Å². The molecule has 0 radical (unpaired) electrons. The average molecular weight is 358 g/mol. The van der Waals surface area contributed by atoms with Gasteiger partial charge < -0.3 is 15.1 Å². The van der Waals surface area contributed by atoms with Gasteiger partial charge in [0.15, 0.2) is 5.76 Å². The molecule has 0 aromatic carbocycles. The first-order valence-electron chi connectivity index (χ1n) is 7.81. The van der Waals surface area contributed by atoms with Crippen molar-refractivity contribution in [3.63, 3.8) is 0 Å². The van der Waals surface area contributed by atoms with Gasteiger partial charge in [0.1, 0.15) is 5.82 Å². The summed E-state index contributed by atoms with van der Waals surface area (Å²) in [5.41, 5.74) is 0. The lowest BCUT2D eigenvalue weighted by Gasteiger charge is -2.10. The van der Waals surface area contributed by atoms with Crippen LogP contribution >= 0.6 is 11.3 Å². The van der Waals surface area contributed by atoms with Crippen molar-refractivity contribution in [2.45, 2.75) is 20.4 Å². The van der Waals surface area contributed by atoms with Crippen molar-refractivity contribution in [3.05, 3.63) is 53.4 Å². The third-order valence-electron chi connectivity index (χ3n) is 3.31. The molecule has 0 aliphatic heterocycles. The van der Waals surface area contributed by atoms with Gasteiger partial charge in [0, 0.05) is 12.6 Å². The molecule has 7 nitrogen and oxygen atoms in total. The zero-order valence-electron chi connectivity index (χ0n) is 13.9. The maximum Gasteiger partial charge on any atom is 0.291 e. The maximum absolute atomic E-state index is 12.4. The lowest BCUT2D eigenvalue weighted by Crippen LogP contribution is -2.16. The van der Waals surface area contributed by atoms with Gasteiger partial charge in [-0.25, -0.2) is 4.68 Å². The Kier molecular flexibility index (Phi) is 4.99. The average Bonchev–Trinajstić information content (AvgIpc) is 3.28. The Labute approximate surface area is 148 Å². The van der Waals surface area contributed by atoms with Crippen molar-refractivity contribution in [2.24, 2.45) is 5.92 Å². The molecule has 0 fully saturated rings. The highest BCUT2D eigenvalue weighted by molar-refractivity contribution is 7.18. The fourth-order valence-electron chi connectivity index (χ4n) is 2.22. The van der Waals surface area contributed by atoms with Crippen LogP contribution in [-0.2, 0) is 6.54 Å². The Morgan fingerprint density at radius 2 is 2.04 bits per heavy atom. The third kappa shape index (κ3) is 4.16. The topological polar surface area (TPSA) is 89.2 Å². The summed E-state index contributed by atoms with van der Waals surface area (Å²) in [5.74, 6) is 0.689. The number of amides is 2. The summed E-state index contributed by atoms with van der Waals surface area (Å²) in [6.07, 6.45) is 3.09. The summed E-state index contributed by atoms with van der Waals surface area (Å²) in [5, 5.41) is 10.3. The van der Waals surface area contributed by atoms with Crippen molar-refractivity contribution in [1.29, 1.82) is 0 Å². The third-order valence-corrected chi connectivity index (χ3v) is 4.31. The Morgan fingerprint density at radius 1 is 1.20 bits per heavy atom. The van der Waals surface area contributed by atoms with Gasteiger partial charge in [-0.15, -0.1) is 11.3 Å². The summed E-state index contributed by atoms with van der Waals surface area (Å²) < 4.78 is 6.80. The van der Waals surface area contributed by atoms with Crippen LogP contribution in [0.1, 0.15) is 34.1 Å². The van der Waals surface area contributed by atoms with Gasteiger partial charge in [-0.2, -0.15) is 5.10 Å². The van der Waals surface area contributed by atoms with E-state index in [1.165, 1.54) is 17.6 Å². The van der Waals surface area contributed by atoms with E-state index in [2.05, 4.69) is 29.6 Å². The zero-order valence-corrected chi connectivity index (χ0v) is 14.7. The number of hydrogen-bond acceptors (Lipinski definition) is 5. The van der Waals surface area contributed by atoms with Crippen molar-refractivity contribution in [1.82, 2.24) is 9.78 Å². The van der Waals surface area contributed by atoms with Crippen molar-refractivity contribution in [3.8, 4) is 0 Å². The lowest BCUT2D eigenvalue weighted by molar-refractivity contribution is 0.0995. The lowest BCUT2D eigenvalue weighted by atomic mass is 10.2. The van der Waals surface area contributed by atoms with E-state index in [1.54, 1.807) is 41.2 Å². The van der Waals surface area contributed by atoms with Gasteiger partial charge in [0.05, 0.1) is 22.3 Å². The van der Waals surface area contributed by atoms with E-state index in [9.17, 15) is 9.59 Å². The van der Waals surface area contributed by atoms with Crippen LogP contribution in [0, 0.1) is 5.92 Å². The Bertz CT molecular complexity index is 864. The van der Waals surface area contributed by atoms with Crippen LogP contribution in [0.25, 0.3) is 0 Å². The number of aromatic nitrogens is 2. The van der Waals surface area contributed by atoms with Crippen LogP contribution in [0.3, 0.4) is 0 Å². The minimum absolute atomic E-state index is 0.219. The first-order valence-corrected chi connectivity index (χ1v) is 8.62. The predicted molar refractivity (Wildman–Crippen MR) is 96.0 cm³/mol. The Balaban J connectivity index is 1.65. The molecule has 3 heterocycles. The Hall–Kier alpha value is -2.87. The van der Waals surface area contributed by atoms with Crippen molar-refractivity contribution in [2.75, 3.05) is 10.6 Å². The highest BCUT2D eigenvalue weighted by Crippen LogP contribution is 2.24. The molecule has 2 amide bonds. The zero-order chi connectivity index (χ0) is 17.8. The van der Waals surface area contributed by atoms with E-state index in [-0.39, 0.29) is 17.6 Å². The molecule has 0 atom stereocenters. The summed E-state index contributed by atoms with van der Waals surface area (Å²) in [6.45, 7) is 4.89. The normalized spacial score (nSPS) is 10.8. The molecule has 3 rings (SSSR count). The smallest absolute Gasteiger partial charge is 0.291 e. The number of hydrogen-bond donors (Lipinski definition) is 2. The highest BCUT2D eigenvalue weighted by Gasteiger charge is 2.15. The molecule has 3 aromatic heterocycles. The maximum atomic E-state index is 12.4. The fraction of sp³-hybridized carbons (Fsp3) is 0.235. The van der Waals surface area contributed by atoms with E-state index >= 15 is 0 Å². The summed E-state index contributed by atoms with van der Waals surface area (Å²) in [7, 11) is 0. The van der Waals surface area contributed by atoms with Crippen LogP contribution in [0.4, 0.5) is 10.8 Å². The van der Waals surface area contributed by atoms with Gasteiger partial charge in [-0.3, -0.25) is 9.59 Å². The molecule has 0 spiro atoms. The van der Waals surface area contributed by atoms with Crippen LogP contribution in [-0.4, -0.2) is 21.6 Å². The highest BCUT2D eigenvalue weighted by atomic mass is 32.1. The Morgan fingerprint density at radius 3 is 2.76 bits per heavy atom. The number of nitrogens with one attached hydrogen (secondary N) is 2. The standard InChI is InChI=1S/C17H18N4O3S/c1-11(2)10-21-14(7-8-18-21)19-17(23)13-5-6-15(25-13)20-16(22)12-4-3-9-24-12/h3-9,11H,10H2,1-2H3,(H,19,23)(H,20,22). The molecule has 0 saturated heterocycles. The molecule has 2 N–H and O–H groups in total. The molecular formula is C17H18N4O3S. The van der Waals surface area contributed by atoms with E-state index in [0.29, 0.717) is 21.6 Å². The number of carbonyl (C=O) groups excluding carboxylic acids is 2. The number of furan rings is 1. The molecule has 8 heteroatoms. The number of anilines is 2. The molecular weight excluding hydrogens is 340 g/mol. The number of carbonyl (C=O) groups is 2. The van der Waals surface area contributed by atoms with Gasteiger partial charge in [0.25, 0.3) is 11.8 Å². The molecule has 130 valence electrons. The molecule has 0 bridgehead atoms. The van der Waals surface area contributed by atoms with Crippen LogP contribution in [0.5, 0.6) is 0 Å². The molecule has 0 aliphatic rings. The predicted octanol–water partition coefficient (Wildman–Crippen LogP) is 3.70. The van der Waals surface area contributed by atoms with Crippen molar-refractivity contribution < 1.29 is 14.0 Å². The first kappa shape index (κ1) is 17.0. The molecule has 3 aromatic rings. The van der Waals surface area contributed by atoms with Gasteiger partial charge in [0.2, 0.25) is 0 Å². The molecule has 0 unspecified atom stereocenters. The minimum atomic E-state index is -0.353. The number of thiophene rings is 1. The van der Waals surface area contributed by atoms with Crippen LogP contribution in [0.15, 0.2) is 47.2 Å². The molecule has 0 saturated carbocycles. The second-order valence-electron chi connectivity index (χ2n) is 5.84. The summed E-state index contributed by atoms with van der Waals surface area (Å²) in [6, 6.07) is 8.33. The second kappa shape index (κ2) is 7.35. The van der Waals surface area contributed by atoms with Crippen LogP contribution in [0.2, 0.25) is 0 Å². The van der Waals surface area contributed by atoms with Crippen LogP contribution < -0.4 is 10.6 Å². The number of rotatable bonds is 6. The SMILES string of the molecule is CC(C)Cn1nccc1NC(=O)c1ccc(NC(=O)c2ccco2)s1. The van der Waals surface area contributed by atoms with E-state index in [1.807, 2.05) is 0 Å². The van der Waals surface area contributed by atoms with Gasteiger partial charge in [-0.1, -0.05) is 13.8 Å². The quantitative estimate of drug-likeness (QED) is 0.703. The molecule has 0 aliphatic carbocycles. The second-order valence-corrected chi connectivity index (χ2v) is 6.93. The monoisotopic (exact) mass is 358 g/mol. The summed E-state index contributed by atoms with van der Waals surface area (Å²) >= 11 is 1.19. The van der Waals surface area contributed by atoms with E-state index < -0.39 is 0 Å². The summed E-state index contributed by atoms with van der Waals surface area (Å²) in [4.78, 5) is 24.8. The first-order chi connectivity index (χ1) is 12.0. The largest absolute Gasteiger partial charge is 0.459 e. The van der Waals surface area contributed by atoms with Crippen molar-refractivity contribution >= 4 is 34.0 Å². The number of nitrogens with zero attached hydrogens (tertiary/aromatic N) is 2. The van der Waals surface area contributed by atoms with Gasteiger partial charge in [-0.05, 0) is 30.2 Å². The van der Waals surface area contributed by atoms with Gasteiger partial charge >= 0.3 is 0 Å². The fourth-order valence-corrected chi connectivity index (χ4v) is 3.01. The molecule has 25 heavy (non-hydrogen) atoms. The minimum Gasteiger partial charge on any atom is -0.459 e. The van der Waals surface area contributed by atoms with E-state index in [0.717, 1.165) is 6.54 Å².